The van der Waals surface area contributed by atoms with E-state index in [9.17, 15) is 4.79 Å². The summed E-state index contributed by atoms with van der Waals surface area (Å²) in [5.41, 5.74) is 0. The SMILES string of the molecule is CCNC(=NCC(C)(C)SC)NCCC(=O)N1CCCC1. The Hall–Kier alpha value is -0.910. The number of nitrogens with zero attached hydrogens (tertiary/aromatic N) is 2. The number of hydrogen-bond acceptors (Lipinski definition) is 3. The first-order chi connectivity index (χ1) is 9.98. The molecule has 0 saturated carbocycles. The molecule has 0 aromatic carbocycles. The fourth-order valence-corrected chi connectivity index (χ4v) is 2.28. The van der Waals surface area contributed by atoms with Crippen LogP contribution >= 0.6 is 11.8 Å². The molecule has 21 heavy (non-hydrogen) atoms. The van der Waals surface area contributed by atoms with Crippen LogP contribution in [0.5, 0.6) is 0 Å². The summed E-state index contributed by atoms with van der Waals surface area (Å²) in [7, 11) is 0. The van der Waals surface area contributed by atoms with Gasteiger partial charge in [0, 0.05) is 37.3 Å². The molecule has 1 amide bonds. The molecular formula is C15H30N4OS. The summed E-state index contributed by atoms with van der Waals surface area (Å²) in [4.78, 5) is 18.5. The molecule has 0 aliphatic carbocycles. The Morgan fingerprint density at radius 2 is 1.95 bits per heavy atom. The third kappa shape index (κ3) is 7.07. The molecule has 0 bridgehead atoms. The summed E-state index contributed by atoms with van der Waals surface area (Å²) in [6.07, 6.45) is 4.93. The first kappa shape index (κ1) is 18.1. The van der Waals surface area contributed by atoms with Crippen molar-refractivity contribution in [1.82, 2.24) is 15.5 Å². The van der Waals surface area contributed by atoms with Crippen molar-refractivity contribution in [3.05, 3.63) is 0 Å². The molecular weight excluding hydrogens is 284 g/mol. The van der Waals surface area contributed by atoms with E-state index in [1.165, 1.54) is 0 Å². The lowest BCUT2D eigenvalue weighted by Crippen LogP contribution is -2.40. The van der Waals surface area contributed by atoms with E-state index < -0.39 is 0 Å². The van der Waals surface area contributed by atoms with Crippen molar-refractivity contribution in [3.63, 3.8) is 0 Å². The van der Waals surface area contributed by atoms with E-state index in [-0.39, 0.29) is 10.7 Å². The summed E-state index contributed by atoms with van der Waals surface area (Å²) < 4.78 is 0.133. The summed E-state index contributed by atoms with van der Waals surface area (Å²) in [5.74, 6) is 1.05. The van der Waals surface area contributed by atoms with Gasteiger partial charge in [-0.2, -0.15) is 11.8 Å². The fraction of sp³-hybridized carbons (Fsp3) is 0.867. The van der Waals surface area contributed by atoms with E-state index in [1.807, 2.05) is 23.6 Å². The van der Waals surface area contributed by atoms with Crippen LogP contribution in [-0.2, 0) is 4.79 Å². The van der Waals surface area contributed by atoms with Crippen LogP contribution in [0.25, 0.3) is 0 Å². The molecule has 0 aromatic heterocycles. The van der Waals surface area contributed by atoms with Crippen molar-refractivity contribution in [3.8, 4) is 0 Å². The quantitative estimate of drug-likeness (QED) is 0.555. The van der Waals surface area contributed by atoms with E-state index >= 15 is 0 Å². The molecule has 0 spiro atoms. The Kier molecular flexibility index (Phi) is 7.93. The number of hydrogen-bond donors (Lipinski definition) is 2. The summed E-state index contributed by atoms with van der Waals surface area (Å²) in [6, 6.07) is 0. The highest BCUT2D eigenvalue weighted by atomic mass is 32.2. The second-order valence-electron chi connectivity index (χ2n) is 5.92. The molecule has 0 atom stereocenters. The van der Waals surface area contributed by atoms with E-state index in [4.69, 9.17) is 0 Å². The largest absolute Gasteiger partial charge is 0.357 e. The number of carbonyl (C=O) groups is 1. The van der Waals surface area contributed by atoms with Crippen molar-refractivity contribution >= 4 is 23.6 Å². The molecule has 1 rings (SSSR count). The molecule has 2 N–H and O–H groups in total. The number of likely N-dealkylation sites (tertiary alicyclic amines) is 1. The number of thioether (sulfide) groups is 1. The van der Waals surface area contributed by atoms with Crippen molar-refractivity contribution in [2.24, 2.45) is 4.99 Å². The van der Waals surface area contributed by atoms with Crippen LogP contribution < -0.4 is 10.6 Å². The minimum Gasteiger partial charge on any atom is -0.357 e. The highest BCUT2D eigenvalue weighted by Gasteiger charge is 2.18. The lowest BCUT2D eigenvalue weighted by Gasteiger charge is -2.20. The smallest absolute Gasteiger partial charge is 0.224 e. The molecule has 1 aliphatic rings. The molecule has 0 unspecified atom stereocenters. The van der Waals surface area contributed by atoms with Crippen LogP contribution in [-0.4, -0.2) is 60.5 Å². The number of guanidine groups is 1. The lowest BCUT2D eigenvalue weighted by molar-refractivity contribution is -0.129. The normalized spacial score (nSPS) is 16.2. The zero-order valence-electron chi connectivity index (χ0n) is 13.9. The molecule has 5 nitrogen and oxygen atoms in total. The highest BCUT2D eigenvalue weighted by molar-refractivity contribution is 7.99. The van der Waals surface area contributed by atoms with Gasteiger partial charge >= 0.3 is 0 Å². The van der Waals surface area contributed by atoms with Gasteiger partial charge in [-0.15, -0.1) is 0 Å². The lowest BCUT2D eigenvalue weighted by atomic mass is 10.2. The van der Waals surface area contributed by atoms with Crippen LogP contribution in [0.2, 0.25) is 0 Å². The van der Waals surface area contributed by atoms with Gasteiger partial charge in [-0.25, -0.2) is 0 Å². The minimum absolute atomic E-state index is 0.133. The van der Waals surface area contributed by atoms with Gasteiger partial charge in [0.25, 0.3) is 0 Å². The average Bonchev–Trinajstić information content (AvgIpc) is 2.99. The maximum Gasteiger partial charge on any atom is 0.224 e. The Bertz CT molecular complexity index is 352. The van der Waals surface area contributed by atoms with Crippen LogP contribution in [0.15, 0.2) is 4.99 Å². The second-order valence-corrected chi connectivity index (χ2v) is 7.44. The Morgan fingerprint density at radius 3 is 2.52 bits per heavy atom. The van der Waals surface area contributed by atoms with Crippen molar-refractivity contribution in [2.45, 2.75) is 44.8 Å². The zero-order chi connectivity index (χ0) is 15.7. The summed E-state index contributed by atoms with van der Waals surface area (Å²) in [6.45, 7) is 10.5. The minimum atomic E-state index is 0.133. The van der Waals surface area contributed by atoms with Crippen molar-refractivity contribution in [1.29, 1.82) is 0 Å². The molecule has 0 radical (unpaired) electrons. The number of carbonyl (C=O) groups excluding carboxylic acids is 1. The van der Waals surface area contributed by atoms with Gasteiger partial charge in [0.2, 0.25) is 5.91 Å². The monoisotopic (exact) mass is 314 g/mol. The molecule has 122 valence electrons. The van der Waals surface area contributed by atoms with Crippen LogP contribution in [0.4, 0.5) is 0 Å². The van der Waals surface area contributed by atoms with Gasteiger partial charge < -0.3 is 15.5 Å². The van der Waals surface area contributed by atoms with E-state index in [0.29, 0.717) is 13.0 Å². The van der Waals surface area contributed by atoms with Gasteiger partial charge in [0.15, 0.2) is 5.96 Å². The number of amides is 1. The molecule has 1 saturated heterocycles. The first-order valence-electron chi connectivity index (χ1n) is 7.83. The average molecular weight is 314 g/mol. The van der Waals surface area contributed by atoms with E-state index in [0.717, 1.165) is 45.0 Å². The number of nitrogens with one attached hydrogen (secondary N) is 2. The molecule has 1 fully saturated rings. The van der Waals surface area contributed by atoms with Gasteiger partial charge in [0.1, 0.15) is 0 Å². The van der Waals surface area contributed by atoms with Gasteiger partial charge in [-0.1, -0.05) is 0 Å². The summed E-state index contributed by atoms with van der Waals surface area (Å²) in [5, 5.41) is 6.48. The van der Waals surface area contributed by atoms with E-state index in [1.54, 1.807) is 0 Å². The Balaban J connectivity index is 2.36. The topological polar surface area (TPSA) is 56.7 Å². The van der Waals surface area contributed by atoms with Crippen molar-refractivity contribution in [2.75, 3.05) is 39.0 Å². The summed E-state index contributed by atoms with van der Waals surface area (Å²) >= 11 is 1.81. The van der Waals surface area contributed by atoms with Gasteiger partial charge in [-0.05, 0) is 39.9 Å². The standard InChI is InChI=1S/C15H30N4OS/c1-5-16-14(18-12-15(2,3)21-4)17-9-8-13(20)19-10-6-7-11-19/h5-12H2,1-4H3,(H2,16,17,18). The van der Waals surface area contributed by atoms with E-state index in [2.05, 4.69) is 35.7 Å². The third-order valence-electron chi connectivity index (χ3n) is 3.60. The second kappa shape index (κ2) is 9.18. The van der Waals surface area contributed by atoms with Crippen LogP contribution in [0.1, 0.15) is 40.0 Å². The van der Waals surface area contributed by atoms with Crippen LogP contribution in [0.3, 0.4) is 0 Å². The molecule has 1 aliphatic heterocycles. The maximum atomic E-state index is 12.0. The maximum absolute atomic E-state index is 12.0. The highest BCUT2D eigenvalue weighted by Crippen LogP contribution is 2.20. The molecule has 0 aromatic rings. The first-order valence-corrected chi connectivity index (χ1v) is 9.06. The molecule has 6 heteroatoms. The molecule has 1 heterocycles. The Labute approximate surface area is 133 Å². The zero-order valence-corrected chi connectivity index (χ0v) is 14.7. The number of aliphatic imine (C=N–C) groups is 1. The van der Waals surface area contributed by atoms with Crippen LogP contribution in [0, 0.1) is 0 Å². The predicted molar refractivity (Wildman–Crippen MR) is 92.0 cm³/mol. The third-order valence-corrected chi connectivity index (χ3v) is 4.84. The predicted octanol–water partition coefficient (Wildman–Crippen LogP) is 1.70. The number of rotatable bonds is 7. The van der Waals surface area contributed by atoms with Gasteiger partial charge in [0.05, 0.1) is 6.54 Å². The van der Waals surface area contributed by atoms with Gasteiger partial charge in [-0.3, -0.25) is 9.79 Å². The fourth-order valence-electron chi connectivity index (χ4n) is 2.09. The Morgan fingerprint density at radius 1 is 1.29 bits per heavy atom. The van der Waals surface area contributed by atoms with Crippen molar-refractivity contribution < 1.29 is 4.79 Å².